The topological polar surface area (TPSA) is 55.1 Å². The van der Waals surface area contributed by atoms with Crippen LogP contribution < -0.4 is 11.1 Å². The number of amides is 1. The van der Waals surface area contributed by atoms with Crippen LogP contribution in [0.1, 0.15) is 30.0 Å². The SMILES string of the molecule is CC(C)CC(=O)NCc1ccc(C#CCN)s1. The Kier molecular flexibility index (Phi) is 5.75. The molecule has 0 bridgehead atoms. The van der Waals surface area contributed by atoms with E-state index in [1.807, 2.05) is 26.0 Å². The number of nitrogens with one attached hydrogen (secondary N) is 1. The highest BCUT2D eigenvalue weighted by Gasteiger charge is 2.05. The predicted molar refractivity (Wildman–Crippen MR) is 71.6 cm³/mol. The van der Waals surface area contributed by atoms with Gasteiger partial charge < -0.3 is 11.1 Å². The third kappa shape index (κ3) is 5.53. The van der Waals surface area contributed by atoms with Gasteiger partial charge in [0.25, 0.3) is 0 Å². The lowest BCUT2D eigenvalue weighted by Crippen LogP contribution is -2.23. The third-order valence-corrected chi connectivity index (χ3v) is 3.03. The van der Waals surface area contributed by atoms with Crippen molar-refractivity contribution in [1.29, 1.82) is 0 Å². The lowest BCUT2D eigenvalue weighted by atomic mass is 10.1. The first-order valence-electron chi connectivity index (χ1n) is 5.66. The van der Waals surface area contributed by atoms with Gasteiger partial charge in [-0.2, -0.15) is 0 Å². The van der Waals surface area contributed by atoms with Crippen LogP contribution in [0.4, 0.5) is 0 Å². The smallest absolute Gasteiger partial charge is 0.220 e. The Bertz CT molecular complexity index is 426. The number of carbonyl (C=O) groups is 1. The van der Waals surface area contributed by atoms with E-state index in [9.17, 15) is 4.79 Å². The van der Waals surface area contributed by atoms with Gasteiger partial charge in [-0.15, -0.1) is 11.3 Å². The molecule has 1 aromatic rings. The fourth-order valence-corrected chi connectivity index (χ4v) is 2.13. The number of rotatable bonds is 4. The maximum atomic E-state index is 11.5. The molecular formula is C13H18N2OS. The van der Waals surface area contributed by atoms with Gasteiger partial charge in [0.1, 0.15) is 0 Å². The summed E-state index contributed by atoms with van der Waals surface area (Å²) in [7, 11) is 0. The highest BCUT2D eigenvalue weighted by Crippen LogP contribution is 2.15. The Labute approximate surface area is 106 Å². The molecular weight excluding hydrogens is 232 g/mol. The van der Waals surface area contributed by atoms with Gasteiger partial charge >= 0.3 is 0 Å². The number of hydrogen-bond donors (Lipinski definition) is 2. The molecule has 3 N–H and O–H groups in total. The van der Waals surface area contributed by atoms with Gasteiger partial charge in [0.15, 0.2) is 0 Å². The van der Waals surface area contributed by atoms with Gasteiger partial charge in [-0.05, 0) is 18.1 Å². The van der Waals surface area contributed by atoms with E-state index in [4.69, 9.17) is 5.73 Å². The Hall–Kier alpha value is -1.31. The lowest BCUT2D eigenvalue weighted by Gasteiger charge is -2.05. The van der Waals surface area contributed by atoms with Crippen LogP contribution in [0.25, 0.3) is 0 Å². The minimum absolute atomic E-state index is 0.1000. The van der Waals surface area contributed by atoms with Crippen LogP contribution in [0.2, 0.25) is 0 Å². The van der Waals surface area contributed by atoms with Crippen molar-refractivity contribution in [3.05, 3.63) is 21.9 Å². The third-order valence-electron chi connectivity index (χ3n) is 2.03. The second kappa shape index (κ2) is 7.10. The normalized spacial score (nSPS) is 9.88. The Balaban J connectivity index is 2.42. The largest absolute Gasteiger partial charge is 0.351 e. The monoisotopic (exact) mass is 250 g/mol. The van der Waals surface area contributed by atoms with Gasteiger partial charge in [0.05, 0.1) is 18.0 Å². The summed E-state index contributed by atoms with van der Waals surface area (Å²) in [6.07, 6.45) is 0.575. The average molecular weight is 250 g/mol. The van der Waals surface area contributed by atoms with Gasteiger partial charge in [0, 0.05) is 11.3 Å². The van der Waals surface area contributed by atoms with Crippen LogP contribution >= 0.6 is 11.3 Å². The maximum absolute atomic E-state index is 11.5. The van der Waals surface area contributed by atoms with Gasteiger partial charge in [0.2, 0.25) is 5.91 Å². The highest BCUT2D eigenvalue weighted by molar-refractivity contribution is 7.12. The minimum atomic E-state index is 0.1000. The molecule has 0 unspecified atom stereocenters. The van der Waals surface area contributed by atoms with E-state index in [2.05, 4.69) is 17.2 Å². The molecule has 1 heterocycles. The van der Waals surface area contributed by atoms with Gasteiger partial charge in [-0.3, -0.25) is 4.79 Å². The van der Waals surface area contributed by atoms with E-state index < -0.39 is 0 Å². The summed E-state index contributed by atoms with van der Waals surface area (Å²) in [5, 5.41) is 2.90. The molecule has 0 aromatic carbocycles. The van der Waals surface area contributed by atoms with E-state index in [1.165, 1.54) is 0 Å². The molecule has 92 valence electrons. The van der Waals surface area contributed by atoms with Crippen molar-refractivity contribution in [3.63, 3.8) is 0 Å². The van der Waals surface area contributed by atoms with Crippen molar-refractivity contribution in [2.24, 2.45) is 11.7 Å². The van der Waals surface area contributed by atoms with Crippen molar-refractivity contribution >= 4 is 17.2 Å². The maximum Gasteiger partial charge on any atom is 0.220 e. The standard InChI is InChI=1S/C13H18N2OS/c1-10(2)8-13(16)15-9-12-6-5-11(17-12)4-3-7-14/h5-6,10H,7-9,14H2,1-2H3,(H,15,16). The molecule has 0 aliphatic heterocycles. The molecule has 4 heteroatoms. The van der Waals surface area contributed by atoms with Crippen LogP contribution in [0.5, 0.6) is 0 Å². The van der Waals surface area contributed by atoms with E-state index in [0.717, 1.165) is 9.75 Å². The summed E-state index contributed by atoms with van der Waals surface area (Å²) in [4.78, 5) is 13.6. The summed E-state index contributed by atoms with van der Waals surface area (Å²) in [6, 6.07) is 3.94. The fourth-order valence-electron chi connectivity index (χ4n) is 1.31. The zero-order valence-electron chi connectivity index (χ0n) is 10.2. The van der Waals surface area contributed by atoms with Gasteiger partial charge in [-0.1, -0.05) is 25.7 Å². The molecule has 0 aliphatic rings. The van der Waals surface area contributed by atoms with Crippen LogP contribution in [-0.2, 0) is 11.3 Å². The first-order chi connectivity index (χ1) is 8.11. The zero-order chi connectivity index (χ0) is 12.7. The number of nitrogens with two attached hydrogens (primary N) is 1. The summed E-state index contributed by atoms with van der Waals surface area (Å²) in [5.41, 5.74) is 5.30. The lowest BCUT2D eigenvalue weighted by molar-refractivity contribution is -0.121. The number of thiophene rings is 1. The minimum Gasteiger partial charge on any atom is -0.351 e. The molecule has 0 saturated carbocycles. The molecule has 1 aromatic heterocycles. The molecule has 0 atom stereocenters. The number of hydrogen-bond acceptors (Lipinski definition) is 3. The van der Waals surface area contributed by atoms with Crippen molar-refractivity contribution in [1.82, 2.24) is 5.32 Å². The highest BCUT2D eigenvalue weighted by atomic mass is 32.1. The quantitative estimate of drug-likeness (QED) is 0.799. The summed E-state index contributed by atoms with van der Waals surface area (Å²) in [5.74, 6) is 6.28. The molecule has 0 saturated heterocycles. The van der Waals surface area contributed by atoms with Crippen molar-refractivity contribution in [3.8, 4) is 11.8 Å². The van der Waals surface area contributed by atoms with Crippen molar-refractivity contribution in [2.45, 2.75) is 26.8 Å². The predicted octanol–water partition coefficient (Wildman–Crippen LogP) is 1.72. The molecule has 0 aliphatic carbocycles. The van der Waals surface area contributed by atoms with Crippen LogP contribution in [0.15, 0.2) is 12.1 Å². The Morgan fingerprint density at radius 1 is 1.53 bits per heavy atom. The fraction of sp³-hybridized carbons (Fsp3) is 0.462. The van der Waals surface area contributed by atoms with Gasteiger partial charge in [-0.25, -0.2) is 0 Å². The van der Waals surface area contributed by atoms with E-state index in [-0.39, 0.29) is 5.91 Å². The molecule has 3 nitrogen and oxygen atoms in total. The second-order valence-corrected chi connectivity index (χ2v) is 5.31. The molecule has 1 rings (SSSR count). The van der Waals surface area contributed by atoms with Crippen molar-refractivity contribution in [2.75, 3.05) is 6.54 Å². The Morgan fingerprint density at radius 2 is 2.29 bits per heavy atom. The van der Waals surface area contributed by atoms with Crippen LogP contribution in [0.3, 0.4) is 0 Å². The zero-order valence-corrected chi connectivity index (χ0v) is 11.1. The Morgan fingerprint density at radius 3 is 2.94 bits per heavy atom. The summed E-state index contributed by atoms with van der Waals surface area (Å²) >= 11 is 1.59. The van der Waals surface area contributed by atoms with E-state index in [0.29, 0.717) is 25.4 Å². The van der Waals surface area contributed by atoms with Crippen LogP contribution in [-0.4, -0.2) is 12.5 Å². The number of carbonyl (C=O) groups excluding carboxylic acids is 1. The van der Waals surface area contributed by atoms with Crippen LogP contribution in [0, 0.1) is 17.8 Å². The average Bonchev–Trinajstić information content (AvgIpc) is 2.70. The first kappa shape index (κ1) is 13.8. The molecule has 0 radical (unpaired) electrons. The van der Waals surface area contributed by atoms with Crippen molar-refractivity contribution < 1.29 is 4.79 Å². The van der Waals surface area contributed by atoms with E-state index in [1.54, 1.807) is 11.3 Å². The molecule has 0 spiro atoms. The molecule has 1 amide bonds. The second-order valence-electron chi connectivity index (χ2n) is 4.15. The molecule has 17 heavy (non-hydrogen) atoms. The molecule has 0 fully saturated rings. The summed E-state index contributed by atoms with van der Waals surface area (Å²) < 4.78 is 0. The van der Waals surface area contributed by atoms with E-state index >= 15 is 0 Å². The first-order valence-corrected chi connectivity index (χ1v) is 6.47. The summed E-state index contributed by atoms with van der Waals surface area (Å²) in [6.45, 7) is 5.02.